The number of hydrogen-bond acceptors (Lipinski definition) is 5. The number of hydrogen-bond donors (Lipinski definition) is 2. The van der Waals surface area contributed by atoms with Gasteiger partial charge in [0.15, 0.2) is 0 Å². The van der Waals surface area contributed by atoms with Crippen LogP contribution in [0.2, 0.25) is 0 Å². The lowest BCUT2D eigenvalue weighted by Crippen LogP contribution is -2.15. The Morgan fingerprint density at radius 2 is 1.77 bits per heavy atom. The van der Waals surface area contributed by atoms with Crippen LogP contribution in [0, 0.1) is 0 Å². The number of para-hydroxylation sites is 2. The largest absolute Gasteiger partial charge is 0.495 e. The summed E-state index contributed by atoms with van der Waals surface area (Å²) in [6, 6.07) is 11.0. The Balaban J connectivity index is 2.37. The Labute approximate surface area is 153 Å². The van der Waals surface area contributed by atoms with E-state index in [0.29, 0.717) is 29.5 Å². The van der Waals surface area contributed by atoms with Gasteiger partial charge >= 0.3 is 0 Å². The lowest BCUT2D eigenvalue weighted by Gasteiger charge is -2.15. The zero-order valence-electron chi connectivity index (χ0n) is 14.9. The zero-order valence-corrected chi connectivity index (χ0v) is 15.7. The molecular formula is C18H22N2O5S. The molecular weight excluding hydrogens is 356 g/mol. The highest BCUT2D eigenvalue weighted by Crippen LogP contribution is 2.30. The van der Waals surface area contributed by atoms with Crippen molar-refractivity contribution in [2.24, 2.45) is 0 Å². The highest BCUT2D eigenvalue weighted by atomic mass is 32.2. The van der Waals surface area contributed by atoms with Crippen molar-refractivity contribution in [2.75, 3.05) is 23.8 Å². The lowest BCUT2D eigenvalue weighted by atomic mass is 10.3. The van der Waals surface area contributed by atoms with Crippen LogP contribution in [0.25, 0.3) is 0 Å². The molecule has 0 aliphatic rings. The Morgan fingerprint density at radius 3 is 2.42 bits per heavy atom. The zero-order chi connectivity index (χ0) is 19.2. The second kappa shape index (κ2) is 8.57. The van der Waals surface area contributed by atoms with E-state index in [4.69, 9.17) is 9.47 Å². The molecule has 7 nitrogen and oxygen atoms in total. The number of benzene rings is 2. The lowest BCUT2D eigenvalue weighted by molar-refractivity contribution is -0.115. The number of carbonyl (C=O) groups is 1. The van der Waals surface area contributed by atoms with E-state index >= 15 is 0 Å². The third-order valence-corrected chi connectivity index (χ3v) is 4.87. The van der Waals surface area contributed by atoms with Gasteiger partial charge < -0.3 is 14.8 Å². The van der Waals surface area contributed by atoms with Gasteiger partial charge in [-0.2, -0.15) is 0 Å². The summed E-state index contributed by atoms with van der Waals surface area (Å²) < 4.78 is 38.6. The predicted molar refractivity (Wildman–Crippen MR) is 100 cm³/mol. The van der Waals surface area contributed by atoms with Crippen LogP contribution < -0.4 is 19.5 Å². The van der Waals surface area contributed by atoms with Gasteiger partial charge in [0.05, 0.1) is 30.0 Å². The van der Waals surface area contributed by atoms with Crippen LogP contribution in [0.5, 0.6) is 11.5 Å². The van der Waals surface area contributed by atoms with Gasteiger partial charge in [-0.3, -0.25) is 9.52 Å². The first-order chi connectivity index (χ1) is 12.4. The van der Waals surface area contributed by atoms with Crippen molar-refractivity contribution in [1.82, 2.24) is 0 Å². The molecule has 1 amide bonds. The fourth-order valence-corrected chi connectivity index (χ4v) is 3.32. The summed E-state index contributed by atoms with van der Waals surface area (Å²) in [6.07, 6.45) is 0.264. The van der Waals surface area contributed by atoms with Gasteiger partial charge in [0.25, 0.3) is 10.0 Å². The van der Waals surface area contributed by atoms with Crippen LogP contribution in [0.3, 0.4) is 0 Å². The van der Waals surface area contributed by atoms with E-state index in [0.717, 1.165) is 0 Å². The molecule has 0 aromatic heterocycles. The molecule has 8 heteroatoms. The molecule has 26 heavy (non-hydrogen) atoms. The first-order valence-electron chi connectivity index (χ1n) is 8.13. The number of rotatable bonds is 8. The third kappa shape index (κ3) is 4.66. The molecule has 140 valence electrons. The SMILES string of the molecule is CCOc1ccccc1NS(=O)(=O)c1ccc(OC)c(NC(=O)CC)c1. The van der Waals surface area contributed by atoms with Crippen LogP contribution in [0.4, 0.5) is 11.4 Å². The summed E-state index contributed by atoms with van der Waals surface area (Å²) in [4.78, 5) is 11.7. The number of carbonyl (C=O) groups excluding carboxylic acids is 1. The van der Waals surface area contributed by atoms with Gasteiger partial charge in [-0.1, -0.05) is 19.1 Å². The van der Waals surface area contributed by atoms with Crippen LogP contribution >= 0.6 is 0 Å². The molecule has 0 bridgehead atoms. The number of ether oxygens (including phenoxy) is 2. The van der Waals surface area contributed by atoms with Crippen molar-refractivity contribution in [2.45, 2.75) is 25.2 Å². The molecule has 0 fully saturated rings. The number of methoxy groups -OCH3 is 1. The highest BCUT2D eigenvalue weighted by Gasteiger charge is 2.19. The first-order valence-corrected chi connectivity index (χ1v) is 9.62. The van der Waals surface area contributed by atoms with Crippen LogP contribution in [-0.4, -0.2) is 28.0 Å². The molecule has 2 aromatic rings. The van der Waals surface area contributed by atoms with Gasteiger partial charge in [-0.15, -0.1) is 0 Å². The maximum Gasteiger partial charge on any atom is 0.262 e. The number of anilines is 2. The number of sulfonamides is 1. The summed E-state index contributed by atoms with van der Waals surface area (Å²) in [5.41, 5.74) is 0.629. The minimum Gasteiger partial charge on any atom is -0.495 e. The summed E-state index contributed by atoms with van der Waals surface area (Å²) in [6.45, 7) is 3.93. The topological polar surface area (TPSA) is 93.7 Å². The van der Waals surface area contributed by atoms with E-state index in [1.807, 2.05) is 6.92 Å². The Kier molecular flexibility index (Phi) is 6.46. The van der Waals surface area contributed by atoms with Crippen molar-refractivity contribution < 1.29 is 22.7 Å². The smallest absolute Gasteiger partial charge is 0.262 e. The fraction of sp³-hybridized carbons (Fsp3) is 0.278. The molecule has 2 N–H and O–H groups in total. The molecule has 0 radical (unpaired) electrons. The summed E-state index contributed by atoms with van der Waals surface area (Å²) in [5.74, 6) is 0.569. The third-order valence-electron chi connectivity index (χ3n) is 3.51. The molecule has 0 spiro atoms. The normalized spacial score (nSPS) is 10.9. The molecule has 0 unspecified atom stereocenters. The highest BCUT2D eigenvalue weighted by molar-refractivity contribution is 7.92. The minimum atomic E-state index is -3.88. The van der Waals surface area contributed by atoms with Crippen molar-refractivity contribution >= 4 is 27.3 Å². The molecule has 0 aliphatic heterocycles. The fourth-order valence-electron chi connectivity index (χ4n) is 2.23. The van der Waals surface area contributed by atoms with E-state index in [2.05, 4.69) is 10.0 Å². The quantitative estimate of drug-likeness (QED) is 0.735. The van der Waals surface area contributed by atoms with Crippen LogP contribution in [0.1, 0.15) is 20.3 Å². The Bertz CT molecular complexity index is 881. The molecule has 0 aliphatic carbocycles. The van der Waals surface area contributed by atoms with Crippen molar-refractivity contribution in [3.8, 4) is 11.5 Å². The van der Waals surface area contributed by atoms with E-state index < -0.39 is 10.0 Å². The van der Waals surface area contributed by atoms with Crippen molar-refractivity contribution in [1.29, 1.82) is 0 Å². The molecule has 0 atom stereocenters. The molecule has 0 heterocycles. The van der Waals surface area contributed by atoms with E-state index in [-0.39, 0.29) is 17.2 Å². The second-order valence-corrected chi connectivity index (χ2v) is 6.98. The predicted octanol–water partition coefficient (Wildman–Crippen LogP) is 3.24. The Hall–Kier alpha value is -2.74. The molecule has 2 aromatic carbocycles. The average molecular weight is 378 g/mol. The minimum absolute atomic E-state index is 0.00370. The van der Waals surface area contributed by atoms with Crippen molar-refractivity contribution in [3.63, 3.8) is 0 Å². The number of amides is 1. The van der Waals surface area contributed by atoms with Gasteiger partial charge in [0.2, 0.25) is 5.91 Å². The average Bonchev–Trinajstić information content (AvgIpc) is 2.63. The maximum atomic E-state index is 12.7. The monoisotopic (exact) mass is 378 g/mol. The summed E-state index contributed by atoms with van der Waals surface area (Å²) in [5, 5.41) is 2.64. The molecule has 0 saturated carbocycles. The van der Waals surface area contributed by atoms with Gasteiger partial charge in [-0.25, -0.2) is 8.42 Å². The molecule has 2 rings (SSSR count). The summed E-state index contributed by atoms with van der Waals surface area (Å²) in [7, 11) is -2.43. The standard InChI is InChI=1S/C18H22N2O5S/c1-4-18(21)19-15-12-13(10-11-16(15)24-3)26(22,23)20-14-8-6-7-9-17(14)25-5-2/h6-12,20H,4-5H2,1-3H3,(H,19,21). The van der Waals surface area contributed by atoms with E-state index in [9.17, 15) is 13.2 Å². The van der Waals surface area contributed by atoms with Gasteiger partial charge in [0, 0.05) is 6.42 Å². The van der Waals surface area contributed by atoms with Crippen LogP contribution in [-0.2, 0) is 14.8 Å². The van der Waals surface area contributed by atoms with E-state index in [1.165, 1.54) is 25.3 Å². The van der Waals surface area contributed by atoms with E-state index in [1.54, 1.807) is 31.2 Å². The Morgan fingerprint density at radius 1 is 1.04 bits per heavy atom. The first kappa shape index (κ1) is 19.6. The number of nitrogens with one attached hydrogen (secondary N) is 2. The van der Waals surface area contributed by atoms with Gasteiger partial charge in [0.1, 0.15) is 11.5 Å². The second-order valence-electron chi connectivity index (χ2n) is 5.30. The molecule has 0 saturated heterocycles. The van der Waals surface area contributed by atoms with Crippen molar-refractivity contribution in [3.05, 3.63) is 42.5 Å². The van der Waals surface area contributed by atoms with Crippen LogP contribution in [0.15, 0.2) is 47.4 Å². The van der Waals surface area contributed by atoms with Gasteiger partial charge in [-0.05, 0) is 37.3 Å². The maximum absolute atomic E-state index is 12.7. The summed E-state index contributed by atoms with van der Waals surface area (Å²) >= 11 is 0.